The molecule has 0 fully saturated rings. The molecule has 0 unspecified atom stereocenters. The fourth-order valence-electron chi connectivity index (χ4n) is 0.973. The van der Waals surface area contributed by atoms with Crippen LogP contribution in [0.2, 0.25) is 0 Å². The number of rotatable bonds is 4. The molecule has 0 aliphatic carbocycles. The Bertz CT molecular complexity index is 325. The minimum absolute atomic E-state index is 0. The summed E-state index contributed by atoms with van der Waals surface area (Å²) in [6, 6.07) is 9.89. The first-order valence-electron chi connectivity index (χ1n) is 4.77. The van der Waals surface area contributed by atoms with E-state index in [1.807, 2.05) is 30.3 Å². The van der Waals surface area contributed by atoms with E-state index in [1.54, 1.807) is 0 Å². The summed E-state index contributed by atoms with van der Waals surface area (Å²) in [6.07, 6.45) is 1.92. The Kier molecular flexibility index (Phi) is 34.1. The molecule has 0 aromatic heterocycles. The minimum Gasteiger partial charge on any atom is -0.462 e. The van der Waals surface area contributed by atoms with Gasteiger partial charge in [0.25, 0.3) is 20.4 Å². The molecule has 5 nitrogen and oxygen atoms in total. The molecule has 1 rings (SSSR count). The number of carbonyl (C=O) groups excluding carboxylic acids is 4. The summed E-state index contributed by atoms with van der Waals surface area (Å²) in [6.45, 7) is 17.2. The maximum atomic E-state index is 10.7. The summed E-state index contributed by atoms with van der Waals surface area (Å²) in [7, 11) is 0. The monoisotopic (exact) mass is 312 g/mol. The maximum absolute atomic E-state index is 10.7. The van der Waals surface area contributed by atoms with E-state index in [0.717, 1.165) is 6.42 Å². The molecule has 0 aliphatic rings. The topological polar surface area (TPSA) is 77.5 Å². The summed E-state index contributed by atoms with van der Waals surface area (Å²) in [5, 5.41) is 0. The van der Waals surface area contributed by atoms with Gasteiger partial charge in [0.2, 0.25) is 0 Å². The second-order valence-electron chi connectivity index (χ2n) is 2.61. The van der Waals surface area contributed by atoms with Gasteiger partial charge in [-0.1, -0.05) is 36.9 Å². The first-order chi connectivity index (χ1) is 9.33. The van der Waals surface area contributed by atoms with Crippen molar-refractivity contribution in [2.24, 2.45) is 0 Å². The molecule has 0 bridgehead atoms. The molecule has 0 aliphatic heterocycles. The SMILES string of the molecule is C=CC(=O)OCCc1ccccc1.[C]=O.[C]=O.[C]=O.[Cr]. The predicted octanol–water partition coefficient (Wildman–Crippen LogP) is 0.764. The smallest absolute Gasteiger partial charge is 0.330 e. The van der Waals surface area contributed by atoms with Gasteiger partial charge >= 0.3 is 5.97 Å². The molecule has 0 N–H and O–H groups in total. The van der Waals surface area contributed by atoms with Crippen LogP contribution in [0.3, 0.4) is 0 Å². The van der Waals surface area contributed by atoms with E-state index >= 15 is 0 Å². The van der Waals surface area contributed by atoms with Crippen molar-refractivity contribution < 1.29 is 41.3 Å². The van der Waals surface area contributed by atoms with Crippen LogP contribution >= 0.6 is 0 Å². The molecule has 6 heteroatoms. The Morgan fingerprint density at radius 2 is 1.50 bits per heavy atom. The summed E-state index contributed by atoms with van der Waals surface area (Å²) >= 11 is 0. The molecule has 0 atom stereocenters. The van der Waals surface area contributed by atoms with Gasteiger partial charge in [-0.2, -0.15) is 0 Å². The van der Waals surface area contributed by atoms with Gasteiger partial charge < -0.3 is 4.74 Å². The largest absolute Gasteiger partial charge is 0.462 e. The third kappa shape index (κ3) is 18.3. The molecule has 0 saturated carbocycles. The molecule has 0 saturated heterocycles. The van der Waals surface area contributed by atoms with Crippen LogP contribution < -0.4 is 0 Å². The zero-order valence-electron chi connectivity index (χ0n) is 10.5. The number of hydrogen-bond acceptors (Lipinski definition) is 5. The molecular formula is C14H12CrO5. The number of ether oxygens (including phenoxy) is 1. The number of benzene rings is 1. The quantitative estimate of drug-likeness (QED) is 0.606. The number of hydrogen-bond donors (Lipinski definition) is 0. The van der Waals surface area contributed by atoms with Crippen molar-refractivity contribution in [3.05, 3.63) is 48.6 Å². The van der Waals surface area contributed by atoms with E-state index in [-0.39, 0.29) is 23.3 Å². The van der Waals surface area contributed by atoms with Gasteiger partial charge in [0, 0.05) is 29.9 Å². The van der Waals surface area contributed by atoms with Crippen LogP contribution in [0.5, 0.6) is 0 Å². The van der Waals surface area contributed by atoms with Gasteiger partial charge in [0.15, 0.2) is 0 Å². The van der Waals surface area contributed by atoms with E-state index in [0.29, 0.717) is 6.61 Å². The van der Waals surface area contributed by atoms with Gasteiger partial charge in [0.1, 0.15) is 0 Å². The molecular weight excluding hydrogens is 300 g/mol. The fraction of sp³-hybridized carbons (Fsp3) is 0.143. The maximum Gasteiger partial charge on any atom is 0.330 e. The molecule has 1 aromatic carbocycles. The molecule has 0 spiro atoms. The van der Waals surface area contributed by atoms with Gasteiger partial charge in [0.05, 0.1) is 6.61 Å². The minimum atomic E-state index is -0.365. The molecule has 6 radical (unpaired) electrons. The van der Waals surface area contributed by atoms with Crippen LogP contribution in [-0.2, 0) is 47.7 Å². The van der Waals surface area contributed by atoms with Crippen LogP contribution in [0.15, 0.2) is 43.0 Å². The molecule has 104 valence electrons. The zero-order valence-corrected chi connectivity index (χ0v) is 11.8. The van der Waals surface area contributed by atoms with Gasteiger partial charge in [-0.15, -0.1) is 0 Å². The Balaban J connectivity index is -0.000000162. The van der Waals surface area contributed by atoms with Crippen LogP contribution in [0.4, 0.5) is 0 Å². The van der Waals surface area contributed by atoms with Gasteiger partial charge in [-0.25, -0.2) is 4.79 Å². The second-order valence-corrected chi connectivity index (χ2v) is 2.61. The normalized spacial score (nSPS) is 6.60. The fourth-order valence-corrected chi connectivity index (χ4v) is 0.973. The second kappa shape index (κ2) is 25.7. The van der Waals surface area contributed by atoms with Crippen molar-refractivity contribution >= 4 is 26.3 Å². The van der Waals surface area contributed by atoms with Crippen LogP contribution in [0.1, 0.15) is 5.56 Å². The Morgan fingerprint density at radius 1 is 1.05 bits per heavy atom. The van der Waals surface area contributed by atoms with Crippen LogP contribution in [-0.4, -0.2) is 32.9 Å². The van der Waals surface area contributed by atoms with E-state index in [1.165, 1.54) is 11.6 Å². The third-order valence-electron chi connectivity index (χ3n) is 1.64. The van der Waals surface area contributed by atoms with E-state index in [2.05, 4.69) is 26.9 Å². The Morgan fingerprint density at radius 3 is 1.90 bits per heavy atom. The predicted molar refractivity (Wildman–Crippen MR) is 68.4 cm³/mol. The van der Waals surface area contributed by atoms with E-state index in [4.69, 9.17) is 19.1 Å². The average molecular weight is 312 g/mol. The van der Waals surface area contributed by atoms with Crippen molar-refractivity contribution in [1.82, 2.24) is 0 Å². The van der Waals surface area contributed by atoms with Gasteiger partial charge in [-0.05, 0) is 5.56 Å². The Labute approximate surface area is 129 Å². The van der Waals surface area contributed by atoms with E-state index in [9.17, 15) is 4.79 Å². The molecule has 1 aromatic rings. The number of esters is 1. The summed E-state index contributed by atoms with van der Waals surface area (Å²) < 4.78 is 4.84. The van der Waals surface area contributed by atoms with Crippen LogP contribution in [0, 0.1) is 0 Å². The van der Waals surface area contributed by atoms with Crippen molar-refractivity contribution in [3.8, 4) is 0 Å². The van der Waals surface area contributed by atoms with Gasteiger partial charge in [-0.3, -0.25) is 14.4 Å². The average Bonchev–Trinajstić information content (AvgIpc) is 2.54. The Hall–Kier alpha value is -2.03. The summed E-state index contributed by atoms with van der Waals surface area (Å²) in [5.41, 5.74) is 1.17. The van der Waals surface area contributed by atoms with Crippen molar-refractivity contribution in [3.63, 3.8) is 0 Å². The van der Waals surface area contributed by atoms with Crippen molar-refractivity contribution in [2.75, 3.05) is 6.61 Å². The number of carbonyl (C=O) groups is 1. The molecule has 0 amide bonds. The van der Waals surface area contributed by atoms with Crippen molar-refractivity contribution in [2.45, 2.75) is 6.42 Å². The van der Waals surface area contributed by atoms with Crippen molar-refractivity contribution in [1.29, 1.82) is 0 Å². The zero-order chi connectivity index (χ0) is 15.5. The standard InChI is InChI=1S/C11H12O2.3CO.Cr/c1-2-11(12)13-9-8-10-6-4-3-5-7-10;3*1-2;/h2-7H,1,8-9H2;;;;. The first-order valence-corrected chi connectivity index (χ1v) is 4.77. The third-order valence-corrected chi connectivity index (χ3v) is 1.64. The molecule has 0 heterocycles. The summed E-state index contributed by atoms with van der Waals surface area (Å²) in [4.78, 5) is 33.2. The molecule has 20 heavy (non-hydrogen) atoms. The van der Waals surface area contributed by atoms with Crippen LogP contribution in [0.25, 0.3) is 0 Å². The first kappa shape index (κ1) is 26.5. The summed E-state index contributed by atoms with van der Waals surface area (Å²) in [5.74, 6) is -0.365. The van der Waals surface area contributed by atoms with E-state index < -0.39 is 0 Å².